The zero-order valence-corrected chi connectivity index (χ0v) is 18.5. The Bertz CT molecular complexity index is 1280. The number of hydrogen-bond donors (Lipinski definition) is 1. The monoisotopic (exact) mass is 460 g/mol. The molecule has 0 aliphatic carbocycles. The molecule has 1 aliphatic rings. The molecule has 158 valence electrons. The van der Waals surface area contributed by atoms with Gasteiger partial charge in [0, 0.05) is 10.6 Å². The smallest absolute Gasteiger partial charge is 0.270 e. The third-order valence-electron chi connectivity index (χ3n) is 5.01. The molecule has 1 N–H and O–H groups in total. The van der Waals surface area contributed by atoms with Crippen molar-refractivity contribution in [1.82, 2.24) is 5.32 Å². The first-order valence-electron chi connectivity index (χ1n) is 9.72. The summed E-state index contributed by atoms with van der Waals surface area (Å²) in [7, 11) is 0. The Morgan fingerprint density at radius 2 is 1.66 bits per heavy atom. The topological polar surface area (TPSA) is 66.5 Å². The highest BCUT2D eigenvalue weighted by Crippen LogP contribution is 2.25. The van der Waals surface area contributed by atoms with E-state index in [9.17, 15) is 14.4 Å². The van der Waals surface area contributed by atoms with Gasteiger partial charge >= 0.3 is 0 Å². The molecule has 3 aromatic rings. The molecule has 3 aromatic carbocycles. The van der Waals surface area contributed by atoms with Crippen LogP contribution in [0, 0.1) is 0 Å². The lowest BCUT2D eigenvalue weighted by molar-refractivity contribution is -0.122. The number of Topliss-reactive ketones (excluding diaryl/α,β-unsaturated/α-hetero) is 1. The maximum Gasteiger partial charge on any atom is 0.270 e. The maximum atomic E-state index is 13.1. The lowest BCUT2D eigenvalue weighted by Gasteiger charge is -2.28. The van der Waals surface area contributed by atoms with Crippen LogP contribution < -0.4 is 10.2 Å². The molecule has 2 amide bonds. The number of rotatable bonds is 4. The molecular weight excluding hydrogens is 444 g/mol. The molecule has 0 unspecified atom stereocenters. The molecule has 1 fully saturated rings. The number of ketones is 1. The van der Waals surface area contributed by atoms with Gasteiger partial charge in [0.1, 0.15) is 5.57 Å². The Morgan fingerprint density at radius 3 is 2.31 bits per heavy atom. The van der Waals surface area contributed by atoms with Crippen molar-refractivity contribution in [2.45, 2.75) is 6.92 Å². The van der Waals surface area contributed by atoms with Gasteiger partial charge in [0.2, 0.25) is 0 Å². The van der Waals surface area contributed by atoms with Gasteiger partial charge in [-0.25, -0.2) is 0 Å². The van der Waals surface area contributed by atoms with Gasteiger partial charge in [0.15, 0.2) is 10.9 Å². The Balaban J connectivity index is 1.63. The maximum absolute atomic E-state index is 13.1. The van der Waals surface area contributed by atoms with Gasteiger partial charge in [-0.2, -0.15) is 0 Å². The second kappa shape index (κ2) is 8.86. The summed E-state index contributed by atoms with van der Waals surface area (Å²) in [6, 6.07) is 21.3. The third kappa shape index (κ3) is 4.37. The lowest BCUT2D eigenvalue weighted by atomic mass is 9.99. The first kappa shape index (κ1) is 21.6. The van der Waals surface area contributed by atoms with Crippen LogP contribution in [-0.2, 0) is 9.59 Å². The van der Waals surface area contributed by atoms with E-state index in [1.807, 2.05) is 42.5 Å². The molecule has 7 heteroatoms. The molecule has 0 atom stereocenters. The minimum atomic E-state index is -0.552. The van der Waals surface area contributed by atoms with Gasteiger partial charge in [-0.3, -0.25) is 24.6 Å². The molecule has 0 bridgehead atoms. The van der Waals surface area contributed by atoms with E-state index in [2.05, 4.69) is 5.32 Å². The van der Waals surface area contributed by atoms with Crippen LogP contribution in [0.15, 0.2) is 78.4 Å². The molecule has 5 nitrogen and oxygen atoms in total. The van der Waals surface area contributed by atoms with Crippen LogP contribution >= 0.6 is 23.8 Å². The number of thiocarbonyl (C=S) groups is 1. The van der Waals surface area contributed by atoms with Crippen LogP contribution in [0.25, 0.3) is 17.2 Å². The van der Waals surface area contributed by atoms with Crippen LogP contribution in [0.3, 0.4) is 0 Å². The average molecular weight is 461 g/mol. The second-order valence-electron chi connectivity index (χ2n) is 7.19. The fourth-order valence-electron chi connectivity index (χ4n) is 3.34. The highest BCUT2D eigenvalue weighted by Gasteiger charge is 2.34. The van der Waals surface area contributed by atoms with Gasteiger partial charge < -0.3 is 0 Å². The summed E-state index contributed by atoms with van der Waals surface area (Å²) in [6.45, 7) is 1.53. The lowest BCUT2D eigenvalue weighted by Crippen LogP contribution is -2.54. The Kier molecular flexibility index (Phi) is 5.99. The molecular formula is C25H17ClN2O3S. The summed E-state index contributed by atoms with van der Waals surface area (Å²) in [4.78, 5) is 38.4. The highest BCUT2D eigenvalue weighted by atomic mass is 35.5. The summed E-state index contributed by atoms with van der Waals surface area (Å²) in [5.74, 6) is -1.07. The zero-order chi connectivity index (χ0) is 22.8. The number of nitrogens with zero attached hydrogens (tertiary/aromatic N) is 1. The molecule has 4 rings (SSSR count). The van der Waals surface area contributed by atoms with E-state index in [-0.39, 0.29) is 16.5 Å². The summed E-state index contributed by atoms with van der Waals surface area (Å²) >= 11 is 11.1. The van der Waals surface area contributed by atoms with Crippen LogP contribution in [-0.4, -0.2) is 22.7 Å². The number of carbonyl (C=O) groups excluding carboxylic acids is 3. The number of carbonyl (C=O) groups is 3. The van der Waals surface area contributed by atoms with Crippen molar-refractivity contribution in [3.05, 3.63) is 94.5 Å². The normalized spacial score (nSPS) is 15.1. The van der Waals surface area contributed by atoms with Gasteiger partial charge in [-0.05, 0) is 72.2 Å². The van der Waals surface area contributed by atoms with E-state index in [1.165, 1.54) is 17.9 Å². The number of benzene rings is 3. The Labute approximate surface area is 195 Å². The number of halogens is 1. The molecule has 0 radical (unpaired) electrons. The quantitative estimate of drug-likeness (QED) is 0.256. The van der Waals surface area contributed by atoms with Crippen LogP contribution in [0.5, 0.6) is 0 Å². The van der Waals surface area contributed by atoms with Crippen LogP contribution in [0.4, 0.5) is 5.69 Å². The number of nitrogens with one attached hydrogen (secondary N) is 1. The Morgan fingerprint density at radius 1 is 0.969 bits per heavy atom. The first-order chi connectivity index (χ1) is 15.3. The molecule has 1 aliphatic heterocycles. The third-order valence-corrected chi connectivity index (χ3v) is 5.55. The molecule has 1 heterocycles. The number of hydrogen-bond acceptors (Lipinski definition) is 4. The zero-order valence-electron chi connectivity index (χ0n) is 17.0. The number of amides is 2. The summed E-state index contributed by atoms with van der Waals surface area (Å²) in [6.07, 6.45) is 1.53. The minimum Gasteiger partial charge on any atom is -0.298 e. The summed E-state index contributed by atoms with van der Waals surface area (Å²) in [5, 5.41) is 3.10. The molecule has 0 aromatic heterocycles. The number of anilines is 1. The average Bonchev–Trinajstić information content (AvgIpc) is 2.78. The van der Waals surface area contributed by atoms with E-state index >= 15 is 0 Å². The van der Waals surface area contributed by atoms with Crippen molar-refractivity contribution >= 4 is 58.3 Å². The summed E-state index contributed by atoms with van der Waals surface area (Å²) < 4.78 is 0. The van der Waals surface area contributed by atoms with Crippen LogP contribution in [0.1, 0.15) is 22.8 Å². The minimum absolute atomic E-state index is 0.00168. The van der Waals surface area contributed by atoms with Crippen molar-refractivity contribution < 1.29 is 14.4 Å². The van der Waals surface area contributed by atoms with Crippen molar-refractivity contribution in [3.8, 4) is 11.1 Å². The van der Waals surface area contributed by atoms with Crippen molar-refractivity contribution in [2.24, 2.45) is 0 Å². The van der Waals surface area contributed by atoms with Crippen molar-refractivity contribution in [2.75, 3.05) is 4.90 Å². The first-order valence-corrected chi connectivity index (χ1v) is 10.5. The second-order valence-corrected chi connectivity index (χ2v) is 8.02. The predicted octanol–water partition coefficient (Wildman–Crippen LogP) is 5.04. The highest BCUT2D eigenvalue weighted by molar-refractivity contribution is 7.80. The van der Waals surface area contributed by atoms with Crippen LogP contribution in [0.2, 0.25) is 5.02 Å². The van der Waals surface area contributed by atoms with Crippen molar-refractivity contribution in [3.63, 3.8) is 0 Å². The fraction of sp³-hybridized carbons (Fsp3) is 0.0400. The fourth-order valence-corrected chi connectivity index (χ4v) is 3.75. The van der Waals surface area contributed by atoms with Gasteiger partial charge in [0.05, 0.1) is 5.69 Å². The van der Waals surface area contributed by atoms with Crippen molar-refractivity contribution in [1.29, 1.82) is 0 Å². The molecule has 32 heavy (non-hydrogen) atoms. The van der Waals surface area contributed by atoms with E-state index in [1.54, 1.807) is 30.3 Å². The standard InChI is InChI=1S/C25H17ClN2O3S/c1-15(29)18-3-2-4-19(14-18)17-7-5-16(6-8-17)13-22-23(30)27-25(32)28(24(22)31)21-11-9-20(26)10-12-21/h2-14H,1H3,(H,27,30,32)/b22-13-. The van der Waals surface area contributed by atoms with E-state index in [0.717, 1.165) is 11.1 Å². The van der Waals surface area contributed by atoms with E-state index in [0.29, 0.717) is 21.8 Å². The Hall–Kier alpha value is -3.61. The van der Waals surface area contributed by atoms with E-state index in [4.69, 9.17) is 23.8 Å². The van der Waals surface area contributed by atoms with Gasteiger partial charge in [0.25, 0.3) is 11.8 Å². The van der Waals surface area contributed by atoms with Gasteiger partial charge in [-0.1, -0.05) is 54.1 Å². The SMILES string of the molecule is CC(=O)c1cccc(-c2ccc(/C=C3/C(=O)NC(=S)N(c4ccc(Cl)cc4)C3=O)cc2)c1. The molecule has 1 saturated heterocycles. The molecule has 0 spiro atoms. The van der Waals surface area contributed by atoms with E-state index < -0.39 is 11.8 Å². The molecule has 0 saturated carbocycles. The summed E-state index contributed by atoms with van der Waals surface area (Å²) in [5.41, 5.74) is 3.62. The predicted molar refractivity (Wildman–Crippen MR) is 130 cm³/mol. The largest absolute Gasteiger partial charge is 0.298 e. The van der Waals surface area contributed by atoms with Gasteiger partial charge in [-0.15, -0.1) is 0 Å².